The highest BCUT2D eigenvalue weighted by atomic mass is 16.6. The largest absolute Gasteiger partial charge is 0.445 e. The summed E-state index contributed by atoms with van der Waals surface area (Å²) >= 11 is 0. The molecule has 3 atom stereocenters. The number of aliphatic hydroxyl groups excluding tert-OH is 1. The van der Waals surface area contributed by atoms with E-state index in [1.807, 2.05) is 91.0 Å². The molecule has 0 aliphatic carbocycles. The first-order valence-electron chi connectivity index (χ1n) is 12.9. The van der Waals surface area contributed by atoms with Crippen LogP contribution in [-0.2, 0) is 28.9 Å². The molecule has 3 aromatic rings. The fourth-order valence-electron chi connectivity index (χ4n) is 4.09. The number of hydrogen-bond acceptors (Lipinski definition) is 5. The third-order valence-electron chi connectivity index (χ3n) is 5.85. The zero-order chi connectivity index (χ0) is 27.4. The van der Waals surface area contributed by atoms with Gasteiger partial charge < -0.3 is 25.2 Å². The summed E-state index contributed by atoms with van der Waals surface area (Å²) < 4.78 is 10.9. The van der Waals surface area contributed by atoms with Gasteiger partial charge >= 0.3 is 12.2 Å². The fourth-order valence-corrected chi connectivity index (χ4v) is 4.09. The third kappa shape index (κ3) is 10.6. The lowest BCUT2D eigenvalue weighted by atomic mass is 9.94. The molecular weight excluding hydrogens is 480 g/mol. The summed E-state index contributed by atoms with van der Waals surface area (Å²) in [5, 5.41) is 17.1. The average Bonchev–Trinajstić information content (AvgIpc) is 2.87. The van der Waals surface area contributed by atoms with Crippen LogP contribution in [0.3, 0.4) is 0 Å². The van der Waals surface area contributed by atoms with Crippen LogP contribution >= 0.6 is 0 Å². The number of alkyl carbamates (subject to hydrolysis) is 2. The summed E-state index contributed by atoms with van der Waals surface area (Å²) in [6.07, 6.45) is -1.05. The maximum atomic E-state index is 12.7. The normalized spacial score (nSPS) is 13.6. The molecule has 0 heterocycles. The Morgan fingerprint density at radius 2 is 1.24 bits per heavy atom. The van der Waals surface area contributed by atoms with E-state index in [4.69, 9.17) is 9.47 Å². The molecule has 0 fully saturated rings. The van der Waals surface area contributed by atoms with Gasteiger partial charge in [0, 0.05) is 6.04 Å². The van der Waals surface area contributed by atoms with Crippen LogP contribution < -0.4 is 10.6 Å². The van der Waals surface area contributed by atoms with Crippen LogP contribution in [0.4, 0.5) is 9.59 Å². The molecule has 0 spiro atoms. The Bertz CT molecular complexity index is 1120. The smallest absolute Gasteiger partial charge is 0.407 e. The van der Waals surface area contributed by atoms with Gasteiger partial charge in [-0.2, -0.15) is 0 Å². The Morgan fingerprint density at radius 1 is 0.737 bits per heavy atom. The SMILES string of the molecule is CC(C)(C)OC(=O)N[C@@H](Cc1ccccc1)CC(O)[C@H](Cc1ccccc1)NC(=O)OCc1ccccc1. The molecular formula is C31H38N2O5. The molecule has 0 radical (unpaired) electrons. The maximum Gasteiger partial charge on any atom is 0.407 e. The van der Waals surface area contributed by atoms with E-state index in [1.54, 1.807) is 20.8 Å². The minimum Gasteiger partial charge on any atom is -0.445 e. The van der Waals surface area contributed by atoms with E-state index in [0.29, 0.717) is 12.8 Å². The van der Waals surface area contributed by atoms with E-state index in [2.05, 4.69) is 10.6 Å². The van der Waals surface area contributed by atoms with Gasteiger partial charge in [-0.3, -0.25) is 0 Å². The summed E-state index contributed by atoms with van der Waals surface area (Å²) in [5.74, 6) is 0. The second kappa shape index (κ2) is 14.2. The van der Waals surface area contributed by atoms with Gasteiger partial charge in [0.25, 0.3) is 0 Å². The van der Waals surface area contributed by atoms with E-state index < -0.39 is 36.0 Å². The van der Waals surface area contributed by atoms with E-state index >= 15 is 0 Å². The average molecular weight is 519 g/mol. The van der Waals surface area contributed by atoms with Crippen molar-refractivity contribution in [3.63, 3.8) is 0 Å². The molecule has 3 N–H and O–H groups in total. The van der Waals surface area contributed by atoms with Gasteiger partial charge in [-0.05, 0) is 56.7 Å². The second-order valence-electron chi connectivity index (χ2n) is 10.3. The molecule has 2 amide bonds. The summed E-state index contributed by atoms with van der Waals surface area (Å²) in [5.41, 5.74) is 2.18. The zero-order valence-electron chi connectivity index (χ0n) is 22.3. The predicted octanol–water partition coefficient (Wildman–Crippen LogP) is 5.41. The lowest BCUT2D eigenvalue weighted by Crippen LogP contribution is -2.49. The number of aliphatic hydroxyl groups is 1. The second-order valence-corrected chi connectivity index (χ2v) is 10.3. The molecule has 7 nitrogen and oxygen atoms in total. The molecule has 0 aromatic heterocycles. The Kier molecular flexibility index (Phi) is 10.7. The van der Waals surface area contributed by atoms with Gasteiger partial charge in [0.2, 0.25) is 0 Å². The van der Waals surface area contributed by atoms with Crippen LogP contribution in [0.15, 0.2) is 91.0 Å². The van der Waals surface area contributed by atoms with Crippen molar-refractivity contribution in [2.75, 3.05) is 0 Å². The summed E-state index contributed by atoms with van der Waals surface area (Å²) in [4.78, 5) is 25.3. The van der Waals surface area contributed by atoms with Crippen LogP contribution in [-0.4, -0.2) is 41.1 Å². The first kappa shape index (κ1) is 28.7. The number of carbonyl (C=O) groups is 2. The first-order valence-corrected chi connectivity index (χ1v) is 12.9. The molecule has 0 saturated carbocycles. The van der Waals surface area contributed by atoms with E-state index in [-0.39, 0.29) is 13.0 Å². The summed E-state index contributed by atoms with van der Waals surface area (Å²) in [6.45, 7) is 5.52. The van der Waals surface area contributed by atoms with E-state index in [0.717, 1.165) is 16.7 Å². The van der Waals surface area contributed by atoms with Crippen LogP contribution in [0, 0.1) is 0 Å². The highest BCUT2D eigenvalue weighted by Crippen LogP contribution is 2.16. The van der Waals surface area contributed by atoms with Crippen LogP contribution in [0.25, 0.3) is 0 Å². The Labute approximate surface area is 225 Å². The molecule has 0 aliphatic heterocycles. The van der Waals surface area contributed by atoms with Gasteiger partial charge in [0.1, 0.15) is 12.2 Å². The van der Waals surface area contributed by atoms with Gasteiger partial charge in [-0.15, -0.1) is 0 Å². The van der Waals surface area contributed by atoms with Gasteiger partial charge in [0.15, 0.2) is 0 Å². The van der Waals surface area contributed by atoms with Crippen molar-refractivity contribution in [3.8, 4) is 0 Å². The van der Waals surface area contributed by atoms with Crippen molar-refractivity contribution in [1.29, 1.82) is 0 Å². The molecule has 202 valence electrons. The van der Waals surface area contributed by atoms with E-state index in [1.165, 1.54) is 0 Å². The molecule has 1 unspecified atom stereocenters. The summed E-state index contributed by atoms with van der Waals surface area (Å²) in [6, 6.07) is 27.7. The van der Waals surface area contributed by atoms with Crippen molar-refractivity contribution in [1.82, 2.24) is 10.6 Å². The number of nitrogens with one attached hydrogen (secondary N) is 2. The Morgan fingerprint density at radius 3 is 1.76 bits per heavy atom. The van der Waals surface area contributed by atoms with E-state index in [9.17, 15) is 14.7 Å². The molecule has 38 heavy (non-hydrogen) atoms. The number of benzene rings is 3. The number of ether oxygens (including phenoxy) is 2. The first-order chi connectivity index (χ1) is 18.2. The van der Waals surface area contributed by atoms with Crippen molar-refractivity contribution in [3.05, 3.63) is 108 Å². The molecule has 3 rings (SSSR count). The number of rotatable bonds is 11. The standard InChI is InChI=1S/C31H38N2O5/c1-31(2,3)38-30(36)32-26(19-23-13-7-4-8-14-23)21-28(34)27(20-24-15-9-5-10-16-24)33-29(35)37-22-25-17-11-6-12-18-25/h4-18,26-28,34H,19-22H2,1-3H3,(H,32,36)(H,33,35)/t26-,27-,28?/m0/s1. The minimum atomic E-state index is -0.969. The lowest BCUT2D eigenvalue weighted by Gasteiger charge is -2.29. The monoisotopic (exact) mass is 518 g/mol. The molecule has 0 bridgehead atoms. The van der Waals surface area contributed by atoms with Crippen molar-refractivity contribution < 1.29 is 24.2 Å². The Hall–Kier alpha value is -3.84. The maximum absolute atomic E-state index is 12.7. The Balaban J connectivity index is 1.72. The van der Waals surface area contributed by atoms with Crippen LogP contribution in [0.5, 0.6) is 0 Å². The van der Waals surface area contributed by atoms with Gasteiger partial charge in [0.05, 0.1) is 12.1 Å². The van der Waals surface area contributed by atoms with Crippen LogP contribution in [0.2, 0.25) is 0 Å². The topological polar surface area (TPSA) is 96.9 Å². The lowest BCUT2D eigenvalue weighted by molar-refractivity contribution is 0.0463. The quantitative estimate of drug-likeness (QED) is 0.315. The highest BCUT2D eigenvalue weighted by Gasteiger charge is 2.28. The van der Waals surface area contributed by atoms with Crippen molar-refractivity contribution in [2.45, 2.75) is 70.4 Å². The number of carbonyl (C=O) groups excluding carboxylic acids is 2. The van der Waals surface area contributed by atoms with Gasteiger partial charge in [-0.25, -0.2) is 9.59 Å². The number of amides is 2. The number of hydrogen-bond donors (Lipinski definition) is 3. The predicted molar refractivity (Wildman–Crippen MR) is 148 cm³/mol. The zero-order valence-corrected chi connectivity index (χ0v) is 22.3. The van der Waals surface area contributed by atoms with Gasteiger partial charge in [-0.1, -0.05) is 91.0 Å². The highest BCUT2D eigenvalue weighted by molar-refractivity contribution is 5.68. The fraction of sp³-hybridized carbons (Fsp3) is 0.355. The molecule has 7 heteroatoms. The summed E-state index contributed by atoms with van der Waals surface area (Å²) in [7, 11) is 0. The third-order valence-corrected chi connectivity index (χ3v) is 5.85. The van der Waals surface area contributed by atoms with Crippen molar-refractivity contribution >= 4 is 12.2 Å². The minimum absolute atomic E-state index is 0.123. The molecule has 0 aliphatic rings. The van der Waals surface area contributed by atoms with Crippen LogP contribution in [0.1, 0.15) is 43.9 Å². The molecule has 3 aromatic carbocycles. The molecule has 0 saturated heterocycles. The van der Waals surface area contributed by atoms with Crippen molar-refractivity contribution in [2.24, 2.45) is 0 Å².